The summed E-state index contributed by atoms with van der Waals surface area (Å²) in [4.78, 5) is 25.7. The van der Waals surface area contributed by atoms with E-state index in [0.717, 1.165) is 16.7 Å². The molecule has 1 aliphatic heterocycles. The van der Waals surface area contributed by atoms with E-state index in [1.807, 2.05) is 91.0 Å². The fourth-order valence-corrected chi connectivity index (χ4v) is 4.22. The van der Waals surface area contributed by atoms with Gasteiger partial charge in [0.25, 0.3) is 0 Å². The number of hydrogen-bond acceptors (Lipinski definition) is 6. The van der Waals surface area contributed by atoms with Crippen molar-refractivity contribution in [3.8, 4) is 0 Å². The van der Waals surface area contributed by atoms with Gasteiger partial charge in [0, 0.05) is 6.42 Å². The Morgan fingerprint density at radius 3 is 1.78 bits per heavy atom. The van der Waals surface area contributed by atoms with Crippen LogP contribution in [0.3, 0.4) is 0 Å². The highest BCUT2D eigenvalue weighted by atomic mass is 16.6. The molecular weight excluding hydrogens is 456 g/mol. The predicted octanol–water partition coefficient (Wildman–Crippen LogP) is 4.69. The van der Waals surface area contributed by atoms with Crippen molar-refractivity contribution in [3.05, 3.63) is 108 Å². The van der Waals surface area contributed by atoms with Crippen molar-refractivity contribution in [3.63, 3.8) is 0 Å². The SMILES string of the molecule is CC(=O)C[C@H]1O[C@H](COCc2ccccc2)C(=O)[C@H](OCc2ccccc2)[C@H]1OCc1ccccc1. The molecule has 0 N–H and O–H groups in total. The molecule has 36 heavy (non-hydrogen) atoms. The zero-order valence-corrected chi connectivity index (χ0v) is 20.5. The first-order valence-electron chi connectivity index (χ1n) is 12.2. The Kier molecular flexibility index (Phi) is 9.53. The van der Waals surface area contributed by atoms with Gasteiger partial charge in [0.2, 0.25) is 0 Å². The molecule has 0 radical (unpaired) electrons. The Bertz CT molecular complexity index is 1090. The van der Waals surface area contributed by atoms with Crippen LogP contribution in [0.2, 0.25) is 0 Å². The Hall–Kier alpha value is -3.16. The molecule has 4 rings (SSSR count). The van der Waals surface area contributed by atoms with Gasteiger partial charge in [-0.2, -0.15) is 0 Å². The fourth-order valence-electron chi connectivity index (χ4n) is 4.22. The third-order valence-corrected chi connectivity index (χ3v) is 6.03. The van der Waals surface area contributed by atoms with Gasteiger partial charge < -0.3 is 18.9 Å². The molecule has 3 aromatic carbocycles. The predicted molar refractivity (Wildman–Crippen MR) is 135 cm³/mol. The first-order chi connectivity index (χ1) is 17.6. The van der Waals surface area contributed by atoms with E-state index in [-0.39, 0.29) is 37.8 Å². The van der Waals surface area contributed by atoms with Crippen LogP contribution in [0.25, 0.3) is 0 Å². The molecule has 0 aliphatic carbocycles. The van der Waals surface area contributed by atoms with Crippen LogP contribution in [0.1, 0.15) is 30.0 Å². The van der Waals surface area contributed by atoms with Crippen molar-refractivity contribution in [2.45, 2.75) is 57.6 Å². The van der Waals surface area contributed by atoms with Crippen LogP contribution in [-0.2, 0) is 48.4 Å². The fraction of sp³-hybridized carbons (Fsp3) is 0.333. The van der Waals surface area contributed by atoms with Gasteiger partial charge in [-0.1, -0.05) is 91.0 Å². The summed E-state index contributed by atoms with van der Waals surface area (Å²) in [5.74, 6) is -0.287. The van der Waals surface area contributed by atoms with Crippen LogP contribution < -0.4 is 0 Å². The highest BCUT2D eigenvalue weighted by molar-refractivity contribution is 5.89. The standard InChI is InChI=1S/C30H32O6/c1-22(31)17-26-29(34-19-24-13-7-3-8-14-24)30(35-20-25-15-9-4-10-16-25)28(32)27(36-26)21-33-18-23-11-5-2-6-12-23/h2-16,26-27,29-30H,17-21H2,1H3/t26-,27-,29+,30+/m1/s1. The lowest BCUT2D eigenvalue weighted by Gasteiger charge is -2.40. The quantitative estimate of drug-likeness (QED) is 0.368. The molecule has 1 fully saturated rings. The van der Waals surface area contributed by atoms with Gasteiger partial charge >= 0.3 is 0 Å². The lowest BCUT2D eigenvalue weighted by Crippen LogP contribution is -2.58. The Morgan fingerprint density at radius 2 is 1.25 bits per heavy atom. The number of carbonyl (C=O) groups is 2. The van der Waals surface area contributed by atoms with Crippen molar-refractivity contribution >= 4 is 11.6 Å². The van der Waals surface area contributed by atoms with Gasteiger partial charge in [-0.25, -0.2) is 0 Å². The van der Waals surface area contributed by atoms with Crippen molar-refractivity contribution in [1.29, 1.82) is 0 Å². The van der Waals surface area contributed by atoms with Gasteiger partial charge in [-0.3, -0.25) is 9.59 Å². The van der Waals surface area contributed by atoms with E-state index in [0.29, 0.717) is 6.61 Å². The van der Waals surface area contributed by atoms with Gasteiger partial charge in [-0.05, 0) is 23.6 Å². The molecule has 0 amide bonds. The molecule has 0 bridgehead atoms. The van der Waals surface area contributed by atoms with E-state index in [9.17, 15) is 9.59 Å². The van der Waals surface area contributed by atoms with Gasteiger partial charge in [0.15, 0.2) is 5.78 Å². The average Bonchev–Trinajstić information content (AvgIpc) is 2.90. The van der Waals surface area contributed by atoms with Gasteiger partial charge in [0.05, 0.1) is 32.5 Å². The Balaban J connectivity index is 1.50. The second kappa shape index (κ2) is 13.2. The first-order valence-corrected chi connectivity index (χ1v) is 12.2. The largest absolute Gasteiger partial charge is 0.374 e. The molecule has 188 valence electrons. The maximum Gasteiger partial charge on any atom is 0.195 e. The van der Waals surface area contributed by atoms with E-state index in [1.54, 1.807) is 0 Å². The summed E-state index contributed by atoms with van der Waals surface area (Å²) in [5, 5.41) is 0. The number of Topliss-reactive ketones (excluding diaryl/α,β-unsaturated/α-hetero) is 2. The monoisotopic (exact) mass is 488 g/mol. The van der Waals surface area contributed by atoms with E-state index in [1.165, 1.54) is 6.92 Å². The third kappa shape index (κ3) is 7.42. The number of hydrogen-bond donors (Lipinski definition) is 0. The number of ether oxygens (including phenoxy) is 4. The molecule has 0 saturated carbocycles. The molecule has 0 unspecified atom stereocenters. The highest BCUT2D eigenvalue weighted by Gasteiger charge is 2.47. The number of carbonyl (C=O) groups excluding carboxylic acids is 2. The average molecular weight is 489 g/mol. The number of rotatable bonds is 12. The lowest BCUT2D eigenvalue weighted by atomic mass is 9.93. The minimum Gasteiger partial charge on any atom is -0.374 e. The molecule has 1 saturated heterocycles. The topological polar surface area (TPSA) is 71.1 Å². The molecule has 1 heterocycles. The summed E-state index contributed by atoms with van der Waals surface area (Å²) in [6.45, 7) is 2.45. The minimum absolute atomic E-state index is 0.0478. The molecule has 4 atom stereocenters. The summed E-state index contributed by atoms with van der Waals surface area (Å²) in [6.07, 6.45) is -2.98. The zero-order valence-electron chi connectivity index (χ0n) is 20.5. The van der Waals surface area contributed by atoms with Gasteiger partial charge in [-0.15, -0.1) is 0 Å². The Morgan fingerprint density at radius 1 is 0.750 bits per heavy atom. The van der Waals surface area contributed by atoms with Crippen molar-refractivity contribution in [2.24, 2.45) is 0 Å². The summed E-state index contributed by atoms with van der Waals surface area (Å²) >= 11 is 0. The maximum atomic E-state index is 13.5. The molecule has 6 nitrogen and oxygen atoms in total. The second-order valence-electron chi connectivity index (χ2n) is 8.95. The van der Waals surface area contributed by atoms with E-state index in [2.05, 4.69) is 0 Å². The third-order valence-electron chi connectivity index (χ3n) is 6.03. The molecule has 3 aromatic rings. The summed E-state index contributed by atoms with van der Waals surface area (Å²) in [5.41, 5.74) is 2.90. The normalized spacial score (nSPS) is 21.9. The summed E-state index contributed by atoms with van der Waals surface area (Å²) < 4.78 is 24.3. The molecule has 0 aromatic heterocycles. The van der Waals surface area contributed by atoms with Crippen LogP contribution >= 0.6 is 0 Å². The van der Waals surface area contributed by atoms with Crippen LogP contribution in [0.5, 0.6) is 0 Å². The van der Waals surface area contributed by atoms with E-state index >= 15 is 0 Å². The maximum absolute atomic E-state index is 13.5. The number of benzene rings is 3. The molecular formula is C30H32O6. The molecule has 6 heteroatoms. The van der Waals surface area contributed by atoms with Crippen molar-refractivity contribution in [1.82, 2.24) is 0 Å². The number of ketones is 2. The van der Waals surface area contributed by atoms with E-state index < -0.39 is 24.4 Å². The lowest BCUT2D eigenvalue weighted by molar-refractivity contribution is -0.212. The van der Waals surface area contributed by atoms with E-state index in [4.69, 9.17) is 18.9 Å². The van der Waals surface area contributed by atoms with Crippen LogP contribution in [-0.4, -0.2) is 42.6 Å². The minimum atomic E-state index is -0.891. The van der Waals surface area contributed by atoms with Gasteiger partial charge in [0.1, 0.15) is 24.1 Å². The first kappa shape index (κ1) is 25.9. The second-order valence-corrected chi connectivity index (χ2v) is 8.95. The summed E-state index contributed by atoms with van der Waals surface area (Å²) in [6, 6.07) is 29.1. The van der Waals surface area contributed by atoms with Crippen LogP contribution in [0, 0.1) is 0 Å². The zero-order chi connectivity index (χ0) is 25.2. The Labute approximate surface area is 212 Å². The van der Waals surface area contributed by atoms with Crippen molar-refractivity contribution in [2.75, 3.05) is 6.61 Å². The van der Waals surface area contributed by atoms with Crippen LogP contribution in [0.4, 0.5) is 0 Å². The summed E-state index contributed by atoms with van der Waals surface area (Å²) in [7, 11) is 0. The smallest absolute Gasteiger partial charge is 0.195 e. The van der Waals surface area contributed by atoms with Crippen molar-refractivity contribution < 1.29 is 28.5 Å². The highest BCUT2D eigenvalue weighted by Crippen LogP contribution is 2.27. The molecule has 1 aliphatic rings. The van der Waals surface area contributed by atoms with Crippen LogP contribution in [0.15, 0.2) is 91.0 Å². The molecule has 0 spiro atoms.